The first kappa shape index (κ1) is 43.3. The number of pyridine rings is 1. The number of nitrogens with zero attached hydrogens (tertiary/aromatic N) is 4. The molecule has 60 heavy (non-hydrogen) atoms. The standard InChI is InChI=1S/C51H48F3N4S.Pt/c1-48(2,3)33-21-22-55-47(29-33)58-45-28-34(51(52,53)54)17-19-43(45)41-15-10-11-16-42(41)44-20-18-40(31-46(44)58)59-39-14-12-13-37(30-39)56-23-24-57(32-56)38-26-35(49(4,5)6)25-36(27-38)50(7,8)9;/h10-29,32H,1-9H3;/q-3;. The number of halogens is 3. The zero-order chi connectivity index (χ0) is 42.1. The minimum Gasteiger partial charge on any atom is -0.500 e. The van der Waals surface area contributed by atoms with Crippen LogP contribution in [0.25, 0.3) is 22.3 Å². The fraction of sp³-hybridized carbons (Fsp3) is 0.255. The van der Waals surface area contributed by atoms with Crippen LogP contribution in [0.5, 0.6) is 0 Å². The van der Waals surface area contributed by atoms with Gasteiger partial charge in [0.15, 0.2) is 0 Å². The van der Waals surface area contributed by atoms with E-state index in [1.807, 2.05) is 77.8 Å². The summed E-state index contributed by atoms with van der Waals surface area (Å²) in [5, 5.41) is 0. The van der Waals surface area contributed by atoms with Crippen LogP contribution < -0.4 is 14.7 Å². The molecule has 2 aliphatic heterocycles. The third kappa shape index (κ3) is 8.69. The van der Waals surface area contributed by atoms with Crippen molar-refractivity contribution < 1.29 is 34.2 Å². The number of rotatable bonds is 5. The van der Waals surface area contributed by atoms with Gasteiger partial charge in [-0.25, -0.2) is 4.98 Å². The van der Waals surface area contributed by atoms with Gasteiger partial charge in [0.05, 0.1) is 11.3 Å². The van der Waals surface area contributed by atoms with Crippen molar-refractivity contribution >= 4 is 40.3 Å². The van der Waals surface area contributed by atoms with E-state index in [4.69, 9.17) is 4.98 Å². The summed E-state index contributed by atoms with van der Waals surface area (Å²) >= 11 is 1.50. The fourth-order valence-corrected chi connectivity index (χ4v) is 8.22. The summed E-state index contributed by atoms with van der Waals surface area (Å²) in [6.07, 6.45) is 1.30. The van der Waals surface area contributed by atoms with Crippen LogP contribution in [-0.4, -0.2) is 4.98 Å². The van der Waals surface area contributed by atoms with Gasteiger partial charge in [-0.3, -0.25) is 0 Å². The fourth-order valence-electron chi connectivity index (χ4n) is 7.40. The smallest absolute Gasteiger partial charge is 0.416 e. The molecule has 0 fully saturated rings. The molecule has 3 heterocycles. The molecular weight excluding hydrogens is 953 g/mol. The van der Waals surface area contributed by atoms with Gasteiger partial charge < -0.3 is 14.7 Å². The molecule has 9 heteroatoms. The third-order valence-electron chi connectivity index (χ3n) is 10.9. The first-order chi connectivity index (χ1) is 27.7. The molecule has 0 amide bonds. The molecule has 0 atom stereocenters. The minimum atomic E-state index is -4.54. The predicted molar refractivity (Wildman–Crippen MR) is 238 cm³/mol. The van der Waals surface area contributed by atoms with E-state index < -0.39 is 11.7 Å². The maximum Gasteiger partial charge on any atom is 0.416 e. The molecule has 2 aliphatic rings. The van der Waals surface area contributed by atoms with Crippen LogP contribution in [-0.2, 0) is 43.5 Å². The summed E-state index contributed by atoms with van der Waals surface area (Å²) in [6, 6.07) is 40.0. The van der Waals surface area contributed by atoms with Crippen LogP contribution in [0.1, 0.15) is 84.6 Å². The zero-order valence-corrected chi connectivity index (χ0v) is 38.4. The largest absolute Gasteiger partial charge is 0.500 e. The summed E-state index contributed by atoms with van der Waals surface area (Å²) in [5.74, 6) is 0.516. The van der Waals surface area contributed by atoms with Gasteiger partial charge in [-0.15, -0.1) is 51.6 Å². The molecule has 8 rings (SSSR count). The van der Waals surface area contributed by atoms with Crippen molar-refractivity contribution in [1.29, 1.82) is 0 Å². The molecule has 0 unspecified atom stereocenters. The van der Waals surface area contributed by atoms with E-state index in [1.54, 1.807) is 12.3 Å². The van der Waals surface area contributed by atoms with Gasteiger partial charge in [-0.05, 0) is 87.3 Å². The predicted octanol–water partition coefficient (Wildman–Crippen LogP) is 14.8. The Labute approximate surface area is 371 Å². The second-order valence-electron chi connectivity index (χ2n) is 18.3. The Morgan fingerprint density at radius 3 is 1.83 bits per heavy atom. The summed E-state index contributed by atoms with van der Waals surface area (Å²) < 4.78 is 43.2. The number of hydrogen-bond donors (Lipinski definition) is 0. The van der Waals surface area contributed by atoms with Crippen LogP contribution in [0.2, 0.25) is 0 Å². The molecule has 0 bridgehead atoms. The second kappa shape index (κ2) is 15.9. The van der Waals surface area contributed by atoms with E-state index in [0.29, 0.717) is 22.8 Å². The number of benzene rings is 5. The van der Waals surface area contributed by atoms with E-state index in [9.17, 15) is 13.2 Å². The number of anilines is 5. The summed E-state index contributed by atoms with van der Waals surface area (Å²) in [4.78, 5) is 12.5. The third-order valence-corrected chi connectivity index (χ3v) is 11.8. The Morgan fingerprint density at radius 1 is 0.567 bits per heavy atom. The van der Waals surface area contributed by atoms with Gasteiger partial charge >= 0.3 is 6.18 Å². The van der Waals surface area contributed by atoms with Crippen molar-refractivity contribution in [3.8, 4) is 22.3 Å². The topological polar surface area (TPSA) is 22.6 Å². The van der Waals surface area contributed by atoms with E-state index in [1.165, 1.54) is 29.0 Å². The van der Waals surface area contributed by atoms with Crippen molar-refractivity contribution in [1.82, 2.24) is 4.98 Å². The molecule has 1 aromatic heterocycles. The van der Waals surface area contributed by atoms with Crippen molar-refractivity contribution in [2.45, 2.75) is 94.5 Å². The Bertz CT molecular complexity index is 2560. The summed E-state index contributed by atoms with van der Waals surface area (Å²) in [7, 11) is 0. The second-order valence-corrected chi connectivity index (χ2v) is 19.4. The van der Waals surface area contributed by atoms with Gasteiger partial charge in [0.2, 0.25) is 0 Å². The van der Waals surface area contributed by atoms with Crippen LogP contribution in [0.15, 0.2) is 132 Å². The minimum absolute atomic E-state index is 0. The molecule has 0 radical (unpaired) electrons. The van der Waals surface area contributed by atoms with Gasteiger partial charge in [-0.1, -0.05) is 110 Å². The molecule has 0 N–H and O–H groups in total. The van der Waals surface area contributed by atoms with Crippen LogP contribution in [0.3, 0.4) is 0 Å². The maximum atomic E-state index is 14.4. The molecule has 4 nitrogen and oxygen atoms in total. The monoisotopic (exact) mass is 1000 g/mol. The summed E-state index contributed by atoms with van der Waals surface area (Å²) in [5.41, 5.74) is 8.87. The van der Waals surface area contributed by atoms with Crippen molar-refractivity contribution in [2.75, 3.05) is 14.7 Å². The molecule has 0 aliphatic carbocycles. The van der Waals surface area contributed by atoms with E-state index in [-0.39, 0.29) is 37.3 Å². The summed E-state index contributed by atoms with van der Waals surface area (Å²) in [6.45, 7) is 21.9. The average Bonchev–Trinajstić information content (AvgIpc) is 3.64. The normalized spacial score (nSPS) is 14.0. The molecule has 312 valence electrons. The Balaban J connectivity index is 0.00000544. The van der Waals surface area contributed by atoms with Crippen molar-refractivity contribution in [2.24, 2.45) is 0 Å². The Kier molecular flexibility index (Phi) is 11.5. The van der Waals surface area contributed by atoms with E-state index >= 15 is 0 Å². The number of aromatic nitrogens is 1. The Morgan fingerprint density at radius 2 is 1.18 bits per heavy atom. The number of alkyl halides is 3. The van der Waals surface area contributed by atoms with E-state index in [2.05, 4.69) is 115 Å². The molecule has 0 saturated carbocycles. The maximum absolute atomic E-state index is 14.4. The van der Waals surface area contributed by atoms with Crippen LogP contribution in [0.4, 0.5) is 41.7 Å². The number of fused-ring (bicyclic) bond motifs is 5. The average molecular weight is 1000 g/mol. The van der Waals surface area contributed by atoms with Gasteiger partial charge in [-0.2, -0.15) is 43.5 Å². The van der Waals surface area contributed by atoms with Crippen LogP contribution in [0, 0.1) is 18.8 Å². The molecule has 5 aromatic carbocycles. The number of hydrogen-bond acceptors (Lipinski definition) is 5. The molecular formula is C51H48F3N4PtS-3. The quantitative estimate of drug-likeness (QED) is 0.160. The van der Waals surface area contributed by atoms with Crippen LogP contribution >= 0.6 is 11.8 Å². The molecule has 0 saturated heterocycles. The molecule has 0 spiro atoms. The van der Waals surface area contributed by atoms with Crippen molar-refractivity contribution in [3.63, 3.8) is 0 Å². The zero-order valence-electron chi connectivity index (χ0n) is 35.3. The van der Waals surface area contributed by atoms with Crippen molar-refractivity contribution in [3.05, 3.63) is 163 Å². The first-order valence-electron chi connectivity index (χ1n) is 19.8. The van der Waals surface area contributed by atoms with Gasteiger partial charge in [0.1, 0.15) is 5.82 Å². The SMILES string of the molecule is CC(C)(C)c1cc(N2C=CN(c3[c-]c(Sc4[c-]c5c(cc4)-c4ccccc4-c4ccc(C(F)(F)F)cc4N5c4cc(C(C)(C)C)ccn4)ccc3)[CH-]2)cc(C(C)(C)C)c1.[Pt]. The van der Waals surface area contributed by atoms with Gasteiger partial charge in [0.25, 0.3) is 0 Å². The Hall–Kier alpha value is -4.78. The van der Waals surface area contributed by atoms with Gasteiger partial charge in [0, 0.05) is 38.5 Å². The molecule has 6 aromatic rings. The van der Waals surface area contributed by atoms with E-state index in [0.717, 1.165) is 49.5 Å². The first-order valence-corrected chi connectivity index (χ1v) is 20.7.